The van der Waals surface area contributed by atoms with Crippen molar-refractivity contribution in [2.75, 3.05) is 4.90 Å². The summed E-state index contributed by atoms with van der Waals surface area (Å²) < 4.78 is 1.72. The van der Waals surface area contributed by atoms with Gasteiger partial charge in [-0.05, 0) is 42.5 Å². The standard InChI is InChI=1S/C26H25N5O3S/c1-14-20(30-13-7-6-8-18(30)27-14)22(32)19-21(16-9-11-17(12-10-16)26(3,4)5)31(24(34)23(19)33)25-29-28-15(2)35-25/h6-13,21,32H,1-5H3. The number of hydrogen-bond donors (Lipinski definition) is 1. The van der Waals surface area contributed by atoms with E-state index >= 15 is 0 Å². The predicted molar refractivity (Wildman–Crippen MR) is 134 cm³/mol. The maximum absolute atomic E-state index is 13.4. The zero-order chi connectivity index (χ0) is 25.1. The second-order valence-corrected chi connectivity index (χ2v) is 10.8. The van der Waals surface area contributed by atoms with Crippen LogP contribution >= 0.6 is 11.3 Å². The number of aliphatic hydroxyl groups excluding tert-OH is 1. The Morgan fingerprint density at radius 2 is 1.74 bits per heavy atom. The number of aryl methyl sites for hydroxylation is 2. The number of carbonyl (C=O) groups excluding carboxylic acids is 2. The van der Waals surface area contributed by atoms with Crippen molar-refractivity contribution in [1.82, 2.24) is 19.6 Å². The molecule has 1 aliphatic heterocycles. The monoisotopic (exact) mass is 487 g/mol. The zero-order valence-corrected chi connectivity index (χ0v) is 20.9. The second kappa shape index (κ2) is 8.13. The van der Waals surface area contributed by atoms with Crippen LogP contribution in [-0.4, -0.2) is 36.4 Å². The van der Waals surface area contributed by atoms with E-state index in [9.17, 15) is 14.7 Å². The Hall–Kier alpha value is -3.85. The van der Waals surface area contributed by atoms with Gasteiger partial charge in [0.05, 0.1) is 17.3 Å². The zero-order valence-electron chi connectivity index (χ0n) is 20.1. The number of carbonyl (C=O) groups is 2. The molecule has 1 fully saturated rings. The van der Waals surface area contributed by atoms with E-state index in [1.807, 2.05) is 42.5 Å². The fourth-order valence-electron chi connectivity index (χ4n) is 4.42. The van der Waals surface area contributed by atoms with Crippen molar-refractivity contribution in [2.45, 2.75) is 46.1 Å². The number of aliphatic hydroxyl groups is 1. The molecule has 1 N–H and O–H groups in total. The first-order chi connectivity index (χ1) is 16.6. The summed E-state index contributed by atoms with van der Waals surface area (Å²) >= 11 is 1.22. The first kappa shape index (κ1) is 22.9. The Morgan fingerprint density at radius 3 is 2.37 bits per heavy atom. The molecule has 1 saturated heterocycles. The molecule has 0 saturated carbocycles. The van der Waals surface area contributed by atoms with E-state index in [2.05, 4.69) is 36.0 Å². The molecule has 178 valence electrons. The molecule has 9 heteroatoms. The van der Waals surface area contributed by atoms with Gasteiger partial charge in [-0.15, -0.1) is 10.2 Å². The fourth-order valence-corrected chi connectivity index (χ4v) is 5.13. The Kier molecular flexibility index (Phi) is 5.32. The minimum atomic E-state index is -0.856. The predicted octanol–water partition coefficient (Wildman–Crippen LogP) is 4.73. The number of benzene rings is 1. The normalized spacial score (nSPS) is 18.1. The van der Waals surface area contributed by atoms with E-state index in [1.165, 1.54) is 16.2 Å². The highest BCUT2D eigenvalue weighted by Crippen LogP contribution is 2.43. The highest BCUT2D eigenvalue weighted by Gasteiger charge is 2.48. The summed E-state index contributed by atoms with van der Waals surface area (Å²) in [5, 5.41) is 20.7. The van der Waals surface area contributed by atoms with Crippen molar-refractivity contribution >= 4 is 39.6 Å². The molecule has 8 nitrogen and oxygen atoms in total. The molecule has 35 heavy (non-hydrogen) atoms. The summed E-state index contributed by atoms with van der Waals surface area (Å²) in [6.07, 6.45) is 1.77. The summed E-state index contributed by atoms with van der Waals surface area (Å²) in [7, 11) is 0. The third-order valence-electron chi connectivity index (χ3n) is 6.19. The lowest BCUT2D eigenvalue weighted by Crippen LogP contribution is -2.29. The first-order valence-electron chi connectivity index (χ1n) is 11.2. The van der Waals surface area contributed by atoms with Crippen LogP contribution in [0.1, 0.15) is 54.3 Å². The molecule has 0 bridgehead atoms. The SMILES string of the molecule is Cc1nnc(N2C(=O)C(=O)C(=C(O)c3c(C)nc4ccccn34)C2c2ccc(C(C)(C)C)cc2)s1. The van der Waals surface area contributed by atoms with Gasteiger partial charge in [-0.2, -0.15) is 0 Å². The summed E-state index contributed by atoms with van der Waals surface area (Å²) in [4.78, 5) is 32.6. The largest absolute Gasteiger partial charge is 0.505 e. The van der Waals surface area contributed by atoms with E-state index in [0.29, 0.717) is 32.7 Å². The molecular formula is C26H25N5O3S. The summed E-state index contributed by atoms with van der Waals surface area (Å²) in [5.74, 6) is -1.79. The lowest BCUT2D eigenvalue weighted by atomic mass is 9.85. The van der Waals surface area contributed by atoms with E-state index in [-0.39, 0.29) is 16.7 Å². The van der Waals surface area contributed by atoms with Gasteiger partial charge in [0.15, 0.2) is 5.76 Å². The average molecular weight is 488 g/mol. The third-order valence-corrected chi connectivity index (χ3v) is 7.02. The molecule has 5 rings (SSSR count). The lowest BCUT2D eigenvalue weighted by Gasteiger charge is -2.24. The number of pyridine rings is 1. The molecule has 1 unspecified atom stereocenters. The number of nitrogens with zero attached hydrogens (tertiary/aromatic N) is 5. The van der Waals surface area contributed by atoms with Gasteiger partial charge >= 0.3 is 5.91 Å². The Bertz CT molecular complexity index is 1510. The van der Waals surface area contributed by atoms with E-state index in [1.54, 1.807) is 24.4 Å². The van der Waals surface area contributed by atoms with Crippen molar-refractivity contribution in [2.24, 2.45) is 0 Å². The van der Waals surface area contributed by atoms with Gasteiger partial charge in [-0.1, -0.05) is 62.4 Å². The number of imidazole rings is 1. The van der Waals surface area contributed by atoms with Crippen LogP contribution in [0, 0.1) is 13.8 Å². The molecule has 1 aliphatic rings. The van der Waals surface area contributed by atoms with Crippen LogP contribution in [0.5, 0.6) is 0 Å². The maximum atomic E-state index is 13.4. The van der Waals surface area contributed by atoms with E-state index < -0.39 is 17.7 Å². The van der Waals surface area contributed by atoms with Crippen molar-refractivity contribution in [3.05, 3.63) is 81.8 Å². The van der Waals surface area contributed by atoms with Crippen LogP contribution in [0.25, 0.3) is 11.4 Å². The number of ketones is 1. The molecule has 0 radical (unpaired) electrons. The van der Waals surface area contributed by atoms with E-state index in [4.69, 9.17) is 0 Å². The number of anilines is 1. The van der Waals surface area contributed by atoms with Crippen molar-refractivity contribution < 1.29 is 14.7 Å². The highest BCUT2D eigenvalue weighted by molar-refractivity contribution is 7.15. The van der Waals surface area contributed by atoms with Crippen LogP contribution in [0.4, 0.5) is 5.13 Å². The number of fused-ring (bicyclic) bond motifs is 1. The smallest absolute Gasteiger partial charge is 0.301 e. The molecule has 3 aromatic heterocycles. The van der Waals surface area contributed by atoms with Gasteiger partial charge in [0.1, 0.15) is 16.3 Å². The second-order valence-electron chi connectivity index (χ2n) is 9.62. The minimum Gasteiger partial charge on any atom is -0.505 e. The lowest BCUT2D eigenvalue weighted by molar-refractivity contribution is -0.132. The molecule has 0 aliphatic carbocycles. The van der Waals surface area contributed by atoms with Crippen molar-refractivity contribution in [3.8, 4) is 0 Å². The van der Waals surface area contributed by atoms with Gasteiger partial charge in [-0.3, -0.25) is 18.9 Å². The Labute approximate surface area is 206 Å². The highest BCUT2D eigenvalue weighted by atomic mass is 32.1. The van der Waals surface area contributed by atoms with Crippen LogP contribution < -0.4 is 4.90 Å². The number of aromatic nitrogens is 4. The fraction of sp³-hybridized carbons (Fsp3) is 0.269. The van der Waals surface area contributed by atoms with Crippen molar-refractivity contribution in [1.29, 1.82) is 0 Å². The van der Waals surface area contributed by atoms with Crippen LogP contribution in [0.15, 0.2) is 54.2 Å². The van der Waals surface area contributed by atoms with Crippen LogP contribution in [0.2, 0.25) is 0 Å². The Morgan fingerprint density at radius 1 is 1.03 bits per heavy atom. The van der Waals surface area contributed by atoms with Gasteiger partial charge < -0.3 is 5.11 Å². The van der Waals surface area contributed by atoms with Crippen LogP contribution in [-0.2, 0) is 15.0 Å². The van der Waals surface area contributed by atoms with Crippen LogP contribution in [0.3, 0.4) is 0 Å². The summed E-state index contributed by atoms with van der Waals surface area (Å²) in [6, 6.07) is 12.4. The average Bonchev–Trinajstić information content (AvgIpc) is 3.46. The quantitative estimate of drug-likeness (QED) is 0.255. The molecule has 4 heterocycles. The third kappa shape index (κ3) is 3.72. The molecule has 1 amide bonds. The Balaban J connectivity index is 1.75. The molecule has 0 spiro atoms. The molecule has 1 aromatic carbocycles. The van der Waals surface area contributed by atoms with Gasteiger partial charge in [0.2, 0.25) is 5.13 Å². The number of Topliss-reactive ketones (excluding diaryl/α,β-unsaturated/α-hetero) is 1. The summed E-state index contributed by atoms with van der Waals surface area (Å²) in [6.45, 7) is 9.90. The van der Waals surface area contributed by atoms with Crippen molar-refractivity contribution in [3.63, 3.8) is 0 Å². The number of rotatable bonds is 3. The van der Waals surface area contributed by atoms with Gasteiger partial charge in [-0.25, -0.2) is 4.98 Å². The number of amides is 1. The topological polar surface area (TPSA) is 101 Å². The summed E-state index contributed by atoms with van der Waals surface area (Å²) in [5.41, 5.74) is 3.30. The maximum Gasteiger partial charge on any atom is 0.301 e. The molecule has 1 atom stereocenters. The van der Waals surface area contributed by atoms with E-state index in [0.717, 1.165) is 5.56 Å². The molecular weight excluding hydrogens is 462 g/mol. The first-order valence-corrected chi connectivity index (χ1v) is 12.0. The number of hydrogen-bond acceptors (Lipinski definition) is 7. The van der Waals surface area contributed by atoms with Gasteiger partial charge in [0, 0.05) is 6.20 Å². The molecule has 4 aromatic rings. The van der Waals surface area contributed by atoms with Gasteiger partial charge in [0.25, 0.3) is 5.78 Å². The minimum absolute atomic E-state index is 0.000106.